The first-order valence-electron chi connectivity index (χ1n) is 14.5. The Kier molecular flexibility index (Phi) is 8.85. The lowest BCUT2D eigenvalue weighted by molar-refractivity contribution is -0.170. The molecule has 2 aromatic carbocycles. The van der Waals surface area contributed by atoms with Crippen LogP contribution in [0.3, 0.4) is 0 Å². The Hall–Kier alpha value is -3.65. The van der Waals surface area contributed by atoms with E-state index in [2.05, 4.69) is 18.1 Å². The first-order chi connectivity index (χ1) is 19.5. The lowest BCUT2D eigenvalue weighted by Crippen LogP contribution is -2.62. The molecular formula is C32H39N3O5. The summed E-state index contributed by atoms with van der Waals surface area (Å²) in [4.78, 5) is 31.4. The molecule has 3 heterocycles. The summed E-state index contributed by atoms with van der Waals surface area (Å²) >= 11 is 0. The van der Waals surface area contributed by atoms with Crippen LogP contribution in [0.1, 0.15) is 60.6 Å². The van der Waals surface area contributed by atoms with Crippen molar-refractivity contribution < 1.29 is 23.6 Å². The molecule has 0 saturated carbocycles. The summed E-state index contributed by atoms with van der Waals surface area (Å²) in [7, 11) is 0. The standard InChI is InChI=1S/C32H39N3O5/c1-3-4-17-34-18-20-38-28-11-6-5-9-25(28)10-7-8-16-32(31(34)37)23-35(19-21-39-32)30(36)27-22-29(40-33-27)26-14-12-24(2)13-15-26/h5-6,9,11-15,22H,3-4,7-8,10,16-21,23H2,1-2H3. The van der Waals surface area contributed by atoms with Gasteiger partial charge in [0, 0.05) is 24.7 Å². The molecule has 0 aliphatic carbocycles. The molecule has 2 aliphatic heterocycles. The Morgan fingerprint density at radius 2 is 1.88 bits per heavy atom. The van der Waals surface area contributed by atoms with E-state index in [0.717, 1.165) is 49.0 Å². The number of carbonyl (C=O) groups excluding carboxylic acids is 2. The van der Waals surface area contributed by atoms with E-state index in [1.54, 1.807) is 11.0 Å². The third kappa shape index (κ3) is 6.22. The van der Waals surface area contributed by atoms with Crippen LogP contribution in [0.4, 0.5) is 0 Å². The number of unbranched alkanes of at least 4 members (excludes halogenated alkanes) is 1. The van der Waals surface area contributed by atoms with Crippen LogP contribution in [0.25, 0.3) is 11.3 Å². The van der Waals surface area contributed by atoms with Gasteiger partial charge >= 0.3 is 0 Å². The van der Waals surface area contributed by atoms with Gasteiger partial charge in [0.2, 0.25) is 0 Å². The van der Waals surface area contributed by atoms with E-state index < -0.39 is 5.60 Å². The maximum Gasteiger partial charge on any atom is 0.276 e. The number of nitrogens with zero attached hydrogens (tertiary/aromatic N) is 3. The largest absolute Gasteiger partial charge is 0.491 e. The summed E-state index contributed by atoms with van der Waals surface area (Å²) in [5.41, 5.74) is 2.33. The number of aryl methyl sites for hydroxylation is 2. The van der Waals surface area contributed by atoms with Crippen molar-refractivity contribution in [2.75, 3.05) is 39.4 Å². The van der Waals surface area contributed by atoms with E-state index in [9.17, 15) is 9.59 Å². The molecule has 1 atom stereocenters. The van der Waals surface area contributed by atoms with Gasteiger partial charge in [0.05, 0.1) is 19.7 Å². The third-order valence-corrected chi connectivity index (χ3v) is 7.87. The normalized spacial score (nSPS) is 20.4. The summed E-state index contributed by atoms with van der Waals surface area (Å²) in [6.07, 6.45) is 4.97. The summed E-state index contributed by atoms with van der Waals surface area (Å²) < 4.78 is 18.0. The predicted molar refractivity (Wildman–Crippen MR) is 152 cm³/mol. The third-order valence-electron chi connectivity index (χ3n) is 7.87. The average molecular weight is 546 g/mol. The molecule has 0 radical (unpaired) electrons. The van der Waals surface area contributed by atoms with Gasteiger partial charge in [-0.2, -0.15) is 0 Å². The molecule has 3 aromatic rings. The van der Waals surface area contributed by atoms with Crippen LogP contribution in [-0.2, 0) is 16.0 Å². The van der Waals surface area contributed by atoms with Crippen LogP contribution in [0.15, 0.2) is 59.1 Å². The topological polar surface area (TPSA) is 85.1 Å². The lowest BCUT2D eigenvalue weighted by Gasteiger charge is -2.44. The molecular weight excluding hydrogens is 506 g/mol. The van der Waals surface area contributed by atoms with Crippen molar-refractivity contribution in [3.05, 3.63) is 71.4 Å². The Bertz CT molecular complexity index is 1300. The molecule has 8 heteroatoms. The van der Waals surface area contributed by atoms with Crippen LogP contribution >= 0.6 is 0 Å². The van der Waals surface area contributed by atoms with E-state index >= 15 is 0 Å². The van der Waals surface area contributed by atoms with Crippen LogP contribution in [0, 0.1) is 6.92 Å². The van der Waals surface area contributed by atoms with Crippen molar-refractivity contribution in [2.24, 2.45) is 0 Å². The SMILES string of the molecule is CCCCN1CCOc2ccccc2CCCCC2(CN(C(=O)c3cc(-c4ccc(C)cc4)on3)CCO2)C1=O. The van der Waals surface area contributed by atoms with E-state index in [0.29, 0.717) is 45.0 Å². The molecule has 0 N–H and O–H groups in total. The van der Waals surface area contributed by atoms with Crippen LogP contribution < -0.4 is 4.74 Å². The fourth-order valence-corrected chi connectivity index (χ4v) is 5.53. The average Bonchev–Trinajstić information content (AvgIpc) is 3.47. The number of rotatable bonds is 5. The molecule has 1 fully saturated rings. The Balaban J connectivity index is 1.37. The molecule has 40 heavy (non-hydrogen) atoms. The maximum absolute atomic E-state index is 14.2. The highest BCUT2D eigenvalue weighted by molar-refractivity contribution is 5.94. The van der Waals surface area contributed by atoms with Gasteiger partial charge in [-0.05, 0) is 50.7 Å². The Morgan fingerprint density at radius 3 is 2.70 bits per heavy atom. The van der Waals surface area contributed by atoms with E-state index in [-0.39, 0.29) is 24.1 Å². The minimum Gasteiger partial charge on any atom is -0.491 e. The fourth-order valence-electron chi connectivity index (χ4n) is 5.53. The van der Waals surface area contributed by atoms with Gasteiger partial charge in [0.25, 0.3) is 11.8 Å². The minimum atomic E-state index is -1.09. The molecule has 0 bridgehead atoms. The smallest absolute Gasteiger partial charge is 0.276 e. The quantitative estimate of drug-likeness (QED) is 0.433. The van der Waals surface area contributed by atoms with Crippen molar-refractivity contribution in [3.63, 3.8) is 0 Å². The molecule has 1 aromatic heterocycles. The van der Waals surface area contributed by atoms with Gasteiger partial charge in [-0.25, -0.2) is 0 Å². The second-order valence-electron chi connectivity index (χ2n) is 10.8. The first-order valence-corrected chi connectivity index (χ1v) is 14.5. The van der Waals surface area contributed by atoms with Crippen LogP contribution in [0.2, 0.25) is 0 Å². The summed E-state index contributed by atoms with van der Waals surface area (Å²) in [6, 6.07) is 17.7. The van der Waals surface area contributed by atoms with Crippen molar-refractivity contribution in [2.45, 2.75) is 58.0 Å². The Labute approximate surface area is 236 Å². The molecule has 212 valence electrons. The number of aromatic nitrogens is 1. The Morgan fingerprint density at radius 1 is 1.05 bits per heavy atom. The summed E-state index contributed by atoms with van der Waals surface area (Å²) in [5, 5.41) is 4.08. The number of ether oxygens (including phenoxy) is 2. The van der Waals surface area contributed by atoms with Gasteiger partial charge in [-0.1, -0.05) is 66.5 Å². The summed E-state index contributed by atoms with van der Waals surface area (Å²) in [6.45, 7) is 6.52. The predicted octanol–water partition coefficient (Wildman–Crippen LogP) is 5.30. The number of para-hydroxylation sites is 1. The highest BCUT2D eigenvalue weighted by Crippen LogP contribution is 2.31. The van der Waals surface area contributed by atoms with Gasteiger partial charge in [-0.3, -0.25) is 9.59 Å². The van der Waals surface area contributed by atoms with Gasteiger partial charge in [0.15, 0.2) is 17.1 Å². The zero-order chi connectivity index (χ0) is 28.0. The van der Waals surface area contributed by atoms with Gasteiger partial charge in [-0.15, -0.1) is 0 Å². The molecule has 1 unspecified atom stereocenters. The summed E-state index contributed by atoms with van der Waals surface area (Å²) in [5.74, 6) is 1.13. The van der Waals surface area contributed by atoms with Crippen molar-refractivity contribution in [1.82, 2.24) is 15.0 Å². The number of benzene rings is 2. The second-order valence-corrected chi connectivity index (χ2v) is 10.8. The molecule has 2 aliphatic rings. The van der Waals surface area contributed by atoms with Gasteiger partial charge < -0.3 is 23.8 Å². The first kappa shape index (κ1) is 27.9. The molecule has 1 saturated heterocycles. The van der Waals surface area contributed by atoms with Crippen molar-refractivity contribution in [3.8, 4) is 17.1 Å². The van der Waals surface area contributed by atoms with E-state index in [4.69, 9.17) is 14.0 Å². The van der Waals surface area contributed by atoms with Crippen LogP contribution in [0.5, 0.6) is 5.75 Å². The molecule has 2 amide bonds. The second kappa shape index (κ2) is 12.7. The van der Waals surface area contributed by atoms with Crippen LogP contribution in [-0.4, -0.2) is 71.8 Å². The number of carbonyl (C=O) groups is 2. The minimum absolute atomic E-state index is 0.0589. The van der Waals surface area contributed by atoms with E-state index in [1.807, 2.05) is 54.3 Å². The number of morpholine rings is 1. The highest BCUT2D eigenvalue weighted by Gasteiger charge is 2.47. The van der Waals surface area contributed by atoms with E-state index in [1.165, 1.54) is 5.56 Å². The molecule has 8 nitrogen and oxygen atoms in total. The zero-order valence-corrected chi connectivity index (χ0v) is 23.6. The number of hydrogen-bond acceptors (Lipinski definition) is 6. The van der Waals surface area contributed by atoms with Gasteiger partial charge in [0.1, 0.15) is 12.4 Å². The molecule has 1 spiro atoms. The fraction of sp³-hybridized carbons (Fsp3) is 0.469. The maximum atomic E-state index is 14.2. The zero-order valence-electron chi connectivity index (χ0n) is 23.6. The molecule has 5 rings (SSSR count). The number of fused-ring (bicyclic) bond motifs is 1. The highest BCUT2D eigenvalue weighted by atomic mass is 16.5. The number of amides is 2. The monoisotopic (exact) mass is 545 g/mol. The van der Waals surface area contributed by atoms with Crippen molar-refractivity contribution in [1.29, 1.82) is 0 Å². The number of hydrogen-bond donors (Lipinski definition) is 0. The van der Waals surface area contributed by atoms with Crippen molar-refractivity contribution >= 4 is 11.8 Å². The lowest BCUT2D eigenvalue weighted by atomic mass is 9.90.